The number of pyridine rings is 1. The van der Waals surface area contributed by atoms with Gasteiger partial charge in [-0.1, -0.05) is 35.9 Å². The Kier molecular flexibility index (Phi) is 4.46. The van der Waals surface area contributed by atoms with E-state index in [9.17, 15) is 5.26 Å². The van der Waals surface area contributed by atoms with E-state index in [0.29, 0.717) is 23.9 Å². The van der Waals surface area contributed by atoms with Gasteiger partial charge in [-0.15, -0.1) is 0 Å². The van der Waals surface area contributed by atoms with E-state index in [4.69, 9.17) is 4.74 Å². The van der Waals surface area contributed by atoms with Gasteiger partial charge in [0.25, 0.3) is 0 Å². The number of aromatic nitrogens is 2. The lowest BCUT2D eigenvalue weighted by atomic mass is 10.1. The predicted molar refractivity (Wildman–Crippen MR) is 106 cm³/mol. The number of rotatable bonds is 5. The van der Waals surface area contributed by atoms with Crippen LogP contribution in [0.3, 0.4) is 0 Å². The van der Waals surface area contributed by atoms with Gasteiger partial charge in [0, 0.05) is 29.5 Å². The van der Waals surface area contributed by atoms with Gasteiger partial charge in [-0.2, -0.15) is 5.26 Å². The molecule has 0 saturated heterocycles. The first-order valence-electron chi connectivity index (χ1n) is 8.64. The lowest BCUT2D eigenvalue weighted by Crippen LogP contribution is -2.00. The zero-order valence-corrected chi connectivity index (χ0v) is 14.9. The monoisotopic (exact) mass is 354 g/mol. The standard InChI is InChI=1S/C22H18N4O/c1-15-3-2-4-16(9-15)14-27-20-10-19(13-23)26-22(12-20)25-18-6-5-17-7-8-24-21(17)11-18/h2-12,24H,14H2,1H3,(H,25,26). The first-order chi connectivity index (χ1) is 13.2. The van der Waals surface area contributed by atoms with Crippen molar-refractivity contribution >= 4 is 22.4 Å². The Morgan fingerprint density at radius 3 is 2.89 bits per heavy atom. The van der Waals surface area contributed by atoms with Crippen LogP contribution in [0, 0.1) is 18.3 Å². The minimum Gasteiger partial charge on any atom is -0.489 e. The van der Waals surface area contributed by atoms with E-state index in [-0.39, 0.29) is 0 Å². The van der Waals surface area contributed by atoms with Crippen LogP contribution in [0.5, 0.6) is 5.75 Å². The van der Waals surface area contributed by atoms with Crippen molar-refractivity contribution in [2.45, 2.75) is 13.5 Å². The Balaban J connectivity index is 1.55. The maximum atomic E-state index is 9.29. The molecule has 4 rings (SSSR count). The molecule has 2 N–H and O–H groups in total. The van der Waals surface area contributed by atoms with Crippen LogP contribution in [0.25, 0.3) is 10.9 Å². The summed E-state index contributed by atoms with van der Waals surface area (Å²) in [6.07, 6.45) is 1.90. The van der Waals surface area contributed by atoms with Crippen molar-refractivity contribution in [2.75, 3.05) is 5.32 Å². The summed E-state index contributed by atoms with van der Waals surface area (Å²) in [6.45, 7) is 2.48. The lowest BCUT2D eigenvalue weighted by Gasteiger charge is -2.11. The van der Waals surface area contributed by atoms with Crippen LogP contribution in [0.15, 0.2) is 66.9 Å². The number of nitrogens with one attached hydrogen (secondary N) is 2. The number of ether oxygens (including phenoxy) is 1. The van der Waals surface area contributed by atoms with Crippen LogP contribution in [0.4, 0.5) is 11.5 Å². The van der Waals surface area contributed by atoms with Crippen molar-refractivity contribution in [1.82, 2.24) is 9.97 Å². The average molecular weight is 354 g/mol. The van der Waals surface area contributed by atoms with Crippen LogP contribution in [-0.2, 0) is 6.61 Å². The third-order valence-electron chi connectivity index (χ3n) is 4.23. The second kappa shape index (κ2) is 7.22. The summed E-state index contributed by atoms with van der Waals surface area (Å²) >= 11 is 0. The van der Waals surface area contributed by atoms with Crippen LogP contribution >= 0.6 is 0 Å². The fourth-order valence-corrected chi connectivity index (χ4v) is 2.95. The molecule has 0 bridgehead atoms. The summed E-state index contributed by atoms with van der Waals surface area (Å²) in [4.78, 5) is 7.51. The van der Waals surface area contributed by atoms with Crippen LogP contribution in [-0.4, -0.2) is 9.97 Å². The smallest absolute Gasteiger partial charge is 0.146 e. The van der Waals surface area contributed by atoms with Crippen LogP contribution < -0.4 is 10.1 Å². The molecular formula is C22H18N4O. The van der Waals surface area contributed by atoms with Crippen molar-refractivity contribution in [3.8, 4) is 11.8 Å². The summed E-state index contributed by atoms with van der Waals surface area (Å²) in [5, 5.41) is 13.7. The molecule has 2 aromatic heterocycles. The van der Waals surface area contributed by atoms with Crippen molar-refractivity contribution in [3.05, 3.63) is 83.7 Å². The molecule has 0 unspecified atom stereocenters. The number of aromatic amines is 1. The summed E-state index contributed by atoms with van der Waals surface area (Å²) in [5.74, 6) is 1.17. The third-order valence-corrected chi connectivity index (χ3v) is 4.23. The molecule has 132 valence electrons. The molecule has 4 aromatic rings. The zero-order valence-electron chi connectivity index (χ0n) is 14.9. The number of H-pyrrole nitrogens is 1. The SMILES string of the molecule is Cc1cccc(COc2cc(C#N)nc(Nc3ccc4cc[nH]c4c3)c2)c1. The minimum absolute atomic E-state index is 0.306. The van der Waals surface area contributed by atoms with E-state index in [1.807, 2.05) is 55.6 Å². The molecule has 5 heteroatoms. The maximum Gasteiger partial charge on any atom is 0.146 e. The lowest BCUT2D eigenvalue weighted by molar-refractivity contribution is 0.306. The summed E-state index contributed by atoms with van der Waals surface area (Å²) < 4.78 is 5.89. The highest BCUT2D eigenvalue weighted by molar-refractivity contribution is 5.83. The van der Waals surface area contributed by atoms with Gasteiger partial charge in [-0.25, -0.2) is 4.98 Å². The molecule has 0 aliphatic carbocycles. The third kappa shape index (κ3) is 3.91. The van der Waals surface area contributed by atoms with Gasteiger partial charge in [0.2, 0.25) is 0 Å². The number of hydrogen-bond donors (Lipinski definition) is 2. The van der Waals surface area contributed by atoms with Gasteiger partial charge in [0.1, 0.15) is 29.9 Å². The number of hydrogen-bond acceptors (Lipinski definition) is 4. The van der Waals surface area contributed by atoms with Gasteiger partial charge >= 0.3 is 0 Å². The first kappa shape index (κ1) is 16.7. The van der Waals surface area contributed by atoms with Gasteiger partial charge < -0.3 is 15.0 Å². The maximum absolute atomic E-state index is 9.29. The number of nitriles is 1. The van der Waals surface area contributed by atoms with E-state index >= 15 is 0 Å². The average Bonchev–Trinajstić information content (AvgIpc) is 3.14. The first-order valence-corrected chi connectivity index (χ1v) is 8.64. The highest BCUT2D eigenvalue weighted by Crippen LogP contribution is 2.24. The molecule has 0 fully saturated rings. The second-order valence-electron chi connectivity index (χ2n) is 6.37. The summed E-state index contributed by atoms with van der Waals surface area (Å²) in [7, 11) is 0. The van der Waals surface area contributed by atoms with E-state index < -0.39 is 0 Å². The largest absolute Gasteiger partial charge is 0.489 e. The Labute approximate surface area is 157 Å². The van der Waals surface area contributed by atoms with E-state index in [2.05, 4.69) is 27.4 Å². The molecule has 2 aromatic carbocycles. The zero-order chi connectivity index (χ0) is 18.6. The Bertz CT molecular complexity index is 1140. The number of nitrogens with zero attached hydrogens (tertiary/aromatic N) is 2. The molecule has 0 saturated carbocycles. The highest BCUT2D eigenvalue weighted by Gasteiger charge is 2.06. The minimum atomic E-state index is 0.306. The van der Waals surface area contributed by atoms with Gasteiger partial charge in [-0.05, 0) is 36.1 Å². The van der Waals surface area contributed by atoms with Crippen molar-refractivity contribution in [3.63, 3.8) is 0 Å². The van der Waals surface area contributed by atoms with Crippen molar-refractivity contribution in [2.24, 2.45) is 0 Å². The van der Waals surface area contributed by atoms with Gasteiger partial charge in [-0.3, -0.25) is 0 Å². The van der Waals surface area contributed by atoms with Crippen molar-refractivity contribution < 1.29 is 4.74 Å². The molecule has 0 radical (unpaired) electrons. The summed E-state index contributed by atoms with van der Waals surface area (Å²) in [5.41, 5.74) is 4.49. The Morgan fingerprint density at radius 1 is 1.11 bits per heavy atom. The highest BCUT2D eigenvalue weighted by atomic mass is 16.5. The Hall–Kier alpha value is -3.78. The molecule has 0 spiro atoms. The van der Waals surface area contributed by atoms with Crippen molar-refractivity contribution in [1.29, 1.82) is 5.26 Å². The molecule has 0 aliphatic rings. The van der Waals surface area contributed by atoms with Crippen LogP contribution in [0.2, 0.25) is 0 Å². The Morgan fingerprint density at radius 2 is 2.04 bits per heavy atom. The predicted octanol–water partition coefficient (Wildman–Crippen LogP) is 5.07. The fraction of sp³-hybridized carbons (Fsp3) is 0.0909. The second-order valence-corrected chi connectivity index (χ2v) is 6.37. The topological polar surface area (TPSA) is 73.7 Å². The van der Waals surface area contributed by atoms with Gasteiger partial charge in [0.15, 0.2) is 0 Å². The van der Waals surface area contributed by atoms with E-state index in [0.717, 1.165) is 22.2 Å². The molecule has 0 atom stereocenters. The normalized spacial score (nSPS) is 10.5. The molecular weight excluding hydrogens is 336 g/mol. The number of fused-ring (bicyclic) bond motifs is 1. The number of aryl methyl sites for hydroxylation is 1. The molecule has 5 nitrogen and oxygen atoms in total. The van der Waals surface area contributed by atoms with Gasteiger partial charge in [0.05, 0.1) is 0 Å². The van der Waals surface area contributed by atoms with Crippen LogP contribution in [0.1, 0.15) is 16.8 Å². The number of benzene rings is 2. The molecule has 2 heterocycles. The van der Waals surface area contributed by atoms with E-state index in [1.165, 1.54) is 5.56 Å². The number of anilines is 2. The van der Waals surface area contributed by atoms with E-state index in [1.54, 1.807) is 12.1 Å². The molecule has 0 amide bonds. The fourth-order valence-electron chi connectivity index (χ4n) is 2.95. The molecule has 27 heavy (non-hydrogen) atoms. The quantitative estimate of drug-likeness (QED) is 0.525. The molecule has 0 aliphatic heterocycles. The summed E-state index contributed by atoms with van der Waals surface area (Å²) in [6, 6.07) is 21.7.